The quantitative estimate of drug-likeness (QED) is 0.542. The summed E-state index contributed by atoms with van der Waals surface area (Å²) in [4.78, 5) is 30.5. The molecule has 0 atom stereocenters. The van der Waals surface area contributed by atoms with Crippen LogP contribution in [0.1, 0.15) is 21.5 Å². The molecule has 0 saturated carbocycles. The Morgan fingerprint density at radius 2 is 1.74 bits per heavy atom. The lowest BCUT2D eigenvalue weighted by atomic mass is 10.1. The number of carbonyl (C=O) groups is 1. The Hall–Kier alpha value is -2.97. The Balaban J connectivity index is 1.48. The van der Waals surface area contributed by atoms with Crippen molar-refractivity contribution in [3.8, 4) is 0 Å². The zero-order chi connectivity index (χ0) is 21.8. The van der Waals surface area contributed by atoms with Crippen molar-refractivity contribution in [2.24, 2.45) is 0 Å². The van der Waals surface area contributed by atoms with E-state index in [1.165, 1.54) is 23.3 Å². The zero-order valence-corrected chi connectivity index (χ0v) is 17.8. The molecule has 2 saturated heterocycles. The maximum Gasteiger partial charge on any atom is 0.270 e. The molecule has 31 heavy (non-hydrogen) atoms. The van der Waals surface area contributed by atoms with Crippen LogP contribution in [0, 0.1) is 17.0 Å². The average molecular weight is 425 g/mol. The predicted molar refractivity (Wildman–Crippen MR) is 118 cm³/mol. The van der Waals surface area contributed by atoms with E-state index in [2.05, 4.69) is 34.9 Å². The molecule has 2 fully saturated rings. The van der Waals surface area contributed by atoms with Crippen LogP contribution in [0.4, 0.5) is 11.4 Å². The number of carbonyl (C=O) groups excluding carboxylic acids is 1. The summed E-state index contributed by atoms with van der Waals surface area (Å²) in [5.41, 5.74) is 3.67. The summed E-state index contributed by atoms with van der Waals surface area (Å²) in [6.07, 6.45) is 0. The molecular weight excluding hydrogens is 396 g/mol. The lowest BCUT2D eigenvalue weighted by molar-refractivity contribution is -0.384. The molecule has 2 aromatic rings. The third kappa shape index (κ3) is 4.86. The third-order valence-electron chi connectivity index (χ3n) is 6.09. The molecule has 2 aromatic carbocycles. The van der Waals surface area contributed by atoms with Crippen LogP contribution < -0.4 is 4.90 Å². The molecule has 8 nitrogen and oxygen atoms in total. The van der Waals surface area contributed by atoms with Crippen LogP contribution in [0.25, 0.3) is 0 Å². The highest BCUT2D eigenvalue weighted by atomic mass is 16.6. The number of amides is 1. The molecule has 4 rings (SSSR count). The number of piperazine rings is 1. The molecule has 0 spiro atoms. The minimum absolute atomic E-state index is 0.0569. The molecular formula is C23H28N4O4. The zero-order valence-electron chi connectivity index (χ0n) is 17.8. The first-order chi connectivity index (χ1) is 15.0. The van der Waals surface area contributed by atoms with Crippen molar-refractivity contribution in [1.82, 2.24) is 9.80 Å². The Morgan fingerprint density at radius 3 is 2.42 bits per heavy atom. The second kappa shape index (κ2) is 9.45. The van der Waals surface area contributed by atoms with Gasteiger partial charge in [0.2, 0.25) is 0 Å². The normalized spacial score (nSPS) is 17.6. The fourth-order valence-corrected chi connectivity index (χ4v) is 4.20. The van der Waals surface area contributed by atoms with E-state index in [0.717, 1.165) is 25.3 Å². The number of non-ortho nitro benzene ring substituents is 1. The first kappa shape index (κ1) is 21.3. The van der Waals surface area contributed by atoms with Gasteiger partial charge >= 0.3 is 0 Å². The number of nitro groups is 1. The van der Waals surface area contributed by atoms with E-state index in [0.29, 0.717) is 45.0 Å². The van der Waals surface area contributed by atoms with Gasteiger partial charge < -0.3 is 14.5 Å². The van der Waals surface area contributed by atoms with Crippen LogP contribution in [-0.4, -0.2) is 73.1 Å². The molecule has 2 heterocycles. The largest absolute Gasteiger partial charge is 0.378 e. The molecule has 0 radical (unpaired) electrons. The monoisotopic (exact) mass is 424 g/mol. The topological polar surface area (TPSA) is 79.2 Å². The Kier molecular flexibility index (Phi) is 6.48. The van der Waals surface area contributed by atoms with Crippen molar-refractivity contribution in [2.45, 2.75) is 13.5 Å². The van der Waals surface area contributed by atoms with Crippen LogP contribution in [0.2, 0.25) is 0 Å². The highest BCUT2D eigenvalue weighted by molar-refractivity contribution is 6.00. The third-order valence-corrected chi connectivity index (χ3v) is 6.09. The van der Waals surface area contributed by atoms with E-state index in [-0.39, 0.29) is 11.6 Å². The summed E-state index contributed by atoms with van der Waals surface area (Å²) in [6, 6.07) is 13.0. The molecule has 0 aromatic heterocycles. The van der Waals surface area contributed by atoms with E-state index < -0.39 is 4.92 Å². The second-order valence-corrected chi connectivity index (χ2v) is 8.05. The van der Waals surface area contributed by atoms with Gasteiger partial charge in [0.1, 0.15) is 0 Å². The van der Waals surface area contributed by atoms with Crippen molar-refractivity contribution in [3.05, 3.63) is 69.3 Å². The van der Waals surface area contributed by atoms with Gasteiger partial charge in [-0.3, -0.25) is 19.8 Å². The number of hydrogen-bond donors (Lipinski definition) is 0. The summed E-state index contributed by atoms with van der Waals surface area (Å²) < 4.78 is 5.42. The van der Waals surface area contributed by atoms with Gasteiger partial charge in [0.15, 0.2) is 0 Å². The summed E-state index contributed by atoms with van der Waals surface area (Å²) in [5, 5.41) is 11.3. The Bertz CT molecular complexity index is 950. The summed E-state index contributed by atoms with van der Waals surface area (Å²) in [7, 11) is 0. The highest BCUT2D eigenvalue weighted by Crippen LogP contribution is 2.28. The number of nitrogens with zero attached hydrogens (tertiary/aromatic N) is 4. The van der Waals surface area contributed by atoms with E-state index in [9.17, 15) is 14.9 Å². The van der Waals surface area contributed by atoms with E-state index in [1.807, 2.05) is 11.0 Å². The van der Waals surface area contributed by atoms with Gasteiger partial charge in [-0.15, -0.1) is 0 Å². The van der Waals surface area contributed by atoms with E-state index in [1.54, 1.807) is 6.07 Å². The van der Waals surface area contributed by atoms with Crippen molar-refractivity contribution >= 4 is 17.3 Å². The minimum atomic E-state index is -0.444. The van der Waals surface area contributed by atoms with Gasteiger partial charge in [-0.2, -0.15) is 0 Å². The number of rotatable bonds is 5. The number of hydrogen-bond acceptors (Lipinski definition) is 6. The summed E-state index contributed by atoms with van der Waals surface area (Å²) in [5.74, 6) is -0.138. The Morgan fingerprint density at radius 1 is 1.03 bits per heavy atom. The van der Waals surface area contributed by atoms with Gasteiger partial charge in [0.25, 0.3) is 11.6 Å². The molecule has 0 bridgehead atoms. The van der Waals surface area contributed by atoms with Gasteiger partial charge in [0.05, 0.1) is 29.4 Å². The van der Waals surface area contributed by atoms with Gasteiger partial charge in [0, 0.05) is 57.9 Å². The second-order valence-electron chi connectivity index (χ2n) is 8.05. The fraction of sp³-hybridized carbons (Fsp3) is 0.435. The van der Waals surface area contributed by atoms with Crippen molar-refractivity contribution in [2.75, 3.05) is 57.4 Å². The number of morpholine rings is 1. The van der Waals surface area contributed by atoms with Crippen LogP contribution in [0.3, 0.4) is 0 Å². The SMILES string of the molecule is Cc1ccccc1CN1CCN(C(=O)c2cc([N+](=O)[O-])ccc2N2CCOCC2)CC1. The fourth-order valence-electron chi connectivity index (χ4n) is 4.20. The number of nitro benzene ring substituents is 1. The Labute approximate surface area is 182 Å². The van der Waals surface area contributed by atoms with Crippen LogP contribution in [0.15, 0.2) is 42.5 Å². The van der Waals surface area contributed by atoms with Crippen molar-refractivity contribution in [1.29, 1.82) is 0 Å². The summed E-state index contributed by atoms with van der Waals surface area (Å²) in [6.45, 7) is 8.26. The molecule has 164 valence electrons. The molecule has 2 aliphatic heterocycles. The van der Waals surface area contributed by atoms with Gasteiger partial charge in [-0.05, 0) is 24.1 Å². The smallest absolute Gasteiger partial charge is 0.270 e. The van der Waals surface area contributed by atoms with E-state index >= 15 is 0 Å². The maximum atomic E-state index is 13.4. The molecule has 0 aliphatic carbocycles. The first-order valence-corrected chi connectivity index (χ1v) is 10.7. The number of ether oxygens (including phenoxy) is 1. The maximum absolute atomic E-state index is 13.4. The van der Waals surface area contributed by atoms with Crippen LogP contribution in [-0.2, 0) is 11.3 Å². The van der Waals surface area contributed by atoms with Crippen molar-refractivity contribution in [3.63, 3.8) is 0 Å². The molecule has 8 heteroatoms. The molecule has 2 aliphatic rings. The van der Waals surface area contributed by atoms with Gasteiger partial charge in [-0.1, -0.05) is 24.3 Å². The molecule has 1 amide bonds. The first-order valence-electron chi connectivity index (χ1n) is 10.7. The summed E-state index contributed by atoms with van der Waals surface area (Å²) >= 11 is 0. The number of anilines is 1. The molecule has 0 unspecified atom stereocenters. The van der Waals surface area contributed by atoms with Gasteiger partial charge in [-0.25, -0.2) is 0 Å². The average Bonchev–Trinajstić information content (AvgIpc) is 2.81. The van der Waals surface area contributed by atoms with Crippen LogP contribution in [0.5, 0.6) is 0 Å². The van der Waals surface area contributed by atoms with Crippen molar-refractivity contribution < 1.29 is 14.5 Å². The predicted octanol–water partition coefficient (Wildman–Crippen LogP) is 2.70. The number of benzene rings is 2. The molecule has 0 N–H and O–H groups in total. The lowest BCUT2D eigenvalue weighted by Gasteiger charge is -2.36. The standard InChI is InChI=1S/C23H28N4O4/c1-18-4-2-3-5-19(18)17-24-8-10-26(11-9-24)23(28)21-16-20(27(29)30)6-7-22(21)25-12-14-31-15-13-25/h2-7,16H,8-15,17H2,1H3. The van der Waals surface area contributed by atoms with Crippen LogP contribution >= 0.6 is 0 Å². The minimum Gasteiger partial charge on any atom is -0.378 e. The number of aryl methyl sites for hydroxylation is 1. The lowest BCUT2D eigenvalue weighted by Crippen LogP contribution is -2.48. The highest BCUT2D eigenvalue weighted by Gasteiger charge is 2.28. The van der Waals surface area contributed by atoms with E-state index in [4.69, 9.17) is 4.74 Å².